The second-order valence-electron chi connectivity index (χ2n) is 5.50. The lowest BCUT2D eigenvalue weighted by molar-refractivity contribution is 0.173. The number of hydrogen-bond donors (Lipinski definition) is 1. The van der Waals surface area contributed by atoms with Crippen LogP contribution in [0.3, 0.4) is 0 Å². The van der Waals surface area contributed by atoms with Gasteiger partial charge in [0.2, 0.25) is 6.79 Å². The third-order valence-corrected chi connectivity index (χ3v) is 2.79. The summed E-state index contributed by atoms with van der Waals surface area (Å²) in [6.07, 6.45) is 0.143. The summed E-state index contributed by atoms with van der Waals surface area (Å²) >= 11 is 0. The lowest BCUT2D eigenvalue weighted by Crippen LogP contribution is -2.20. The average Bonchev–Trinajstić information content (AvgIpc) is 2.75. The first-order chi connectivity index (χ1) is 9.06. The van der Waals surface area contributed by atoms with Crippen LogP contribution in [0.1, 0.15) is 33.3 Å². The average molecular weight is 265 g/mol. The Morgan fingerprint density at radius 1 is 1.16 bits per heavy atom. The van der Waals surface area contributed by atoms with Crippen molar-refractivity contribution in [1.29, 1.82) is 0 Å². The van der Waals surface area contributed by atoms with Crippen molar-refractivity contribution in [1.82, 2.24) is 5.32 Å². The van der Waals surface area contributed by atoms with Crippen LogP contribution in [0.2, 0.25) is 0 Å². The molecule has 0 fully saturated rings. The van der Waals surface area contributed by atoms with Gasteiger partial charge in [-0.25, -0.2) is 0 Å². The van der Waals surface area contributed by atoms with E-state index in [4.69, 9.17) is 14.2 Å². The maximum atomic E-state index is 5.85. The molecule has 0 saturated heterocycles. The largest absolute Gasteiger partial charge is 0.491 e. The molecule has 1 aromatic rings. The molecule has 1 heterocycles. The topological polar surface area (TPSA) is 39.7 Å². The molecule has 0 aromatic heterocycles. The quantitative estimate of drug-likeness (QED) is 0.858. The van der Waals surface area contributed by atoms with Crippen LogP contribution in [0.25, 0.3) is 0 Å². The van der Waals surface area contributed by atoms with Gasteiger partial charge >= 0.3 is 0 Å². The van der Waals surface area contributed by atoms with E-state index >= 15 is 0 Å². The third kappa shape index (κ3) is 3.77. The zero-order chi connectivity index (χ0) is 13.8. The number of fused-ring (bicyclic) bond motifs is 1. The monoisotopic (exact) mass is 265 g/mol. The highest BCUT2D eigenvalue weighted by atomic mass is 16.7. The molecule has 4 heteroatoms. The molecule has 1 aliphatic rings. The van der Waals surface area contributed by atoms with Crippen molar-refractivity contribution >= 4 is 0 Å². The molecule has 1 N–H and O–H groups in total. The summed E-state index contributed by atoms with van der Waals surface area (Å²) in [6, 6.07) is 3.93. The Hall–Kier alpha value is -1.42. The molecule has 0 atom stereocenters. The molecule has 1 aromatic carbocycles. The standard InChI is InChI=1S/C15H23NO3/c1-10(2)7-16-8-12-5-14-15(18-9-17-14)6-13(12)19-11(3)4/h5-6,10-11,16H,7-9H2,1-4H3. The second-order valence-corrected chi connectivity index (χ2v) is 5.50. The lowest BCUT2D eigenvalue weighted by atomic mass is 10.1. The highest BCUT2D eigenvalue weighted by Gasteiger charge is 2.18. The van der Waals surface area contributed by atoms with Crippen LogP contribution in [0.5, 0.6) is 17.2 Å². The number of ether oxygens (including phenoxy) is 3. The fourth-order valence-corrected chi connectivity index (χ4v) is 1.96. The highest BCUT2D eigenvalue weighted by molar-refractivity contribution is 5.51. The SMILES string of the molecule is CC(C)CNCc1cc2c(cc1OC(C)C)OCO2. The van der Waals surface area contributed by atoms with Gasteiger partial charge in [-0.3, -0.25) is 0 Å². The molecule has 0 unspecified atom stereocenters. The summed E-state index contributed by atoms with van der Waals surface area (Å²) in [6.45, 7) is 10.5. The summed E-state index contributed by atoms with van der Waals surface area (Å²) in [5.74, 6) is 3.07. The molecule has 0 saturated carbocycles. The molecule has 19 heavy (non-hydrogen) atoms. The summed E-state index contributed by atoms with van der Waals surface area (Å²) in [4.78, 5) is 0. The van der Waals surface area contributed by atoms with Crippen molar-refractivity contribution in [3.63, 3.8) is 0 Å². The van der Waals surface area contributed by atoms with Crippen LogP contribution in [0.15, 0.2) is 12.1 Å². The molecule has 106 valence electrons. The smallest absolute Gasteiger partial charge is 0.231 e. The van der Waals surface area contributed by atoms with Crippen molar-refractivity contribution in [3.05, 3.63) is 17.7 Å². The number of hydrogen-bond acceptors (Lipinski definition) is 4. The van der Waals surface area contributed by atoms with Crippen LogP contribution in [0.4, 0.5) is 0 Å². The van der Waals surface area contributed by atoms with E-state index in [1.165, 1.54) is 0 Å². The molecule has 1 aliphatic heterocycles. The zero-order valence-electron chi connectivity index (χ0n) is 12.2. The van der Waals surface area contributed by atoms with Gasteiger partial charge in [0, 0.05) is 18.2 Å². The number of benzene rings is 1. The first kappa shape index (κ1) is 14.0. The first-order valence-electron chi connectivity index (χ1n) is 6.86. The van der Waals surface area contributed by atoms with E-state index < -0.39 is 0 Å². The van der Waals surface area contributed by atoms with Gasteiger partial charge in [0.15, 0.2) is 11.5 Å². The van der Waals surface area contributed by atoms with Crippen molar-refractivity contribution < 1.29 is 14.2 Å². The minimum atomic E-state index is 0.143. The Morgan fingerprint density at radius 3 is 2.47 bits per heavy atom. The Morgan fingerprint density at radius 2 is 1.84 bits per heavy atom. The second kappa shape index (κ2) is 6.15. The van der Waals surface area contributed by atoms with E-state index in [1.54, 1.807) is 0 Å². The first-order valence-corrected chi connectivity index (χ1v) is 6.86. The summed E-state index contributed by atoms with van der Waals surface area (Å²) < 4.78 is 16.7. The predicted molar refractivity (Wildman–Crippen MR) is 74.9 cm³/mol. The Balaban J connectivity index is 2.14. The van der Waals surface area contributed by atoms with Gasteiger partial charge in [-0.2, -0.15) is 0 Å². The van der Waals surface area contributed by atoms with E-state index in [0.29, 0.717) is 12.7 Å². The zero-order valence-corrected chi connectivity index (χ0v) is 12.2. The molecule has 0 bridgehead atoms. The van der Waals surface area contributed by atoms with Gasteiger partial charge in [0.1, 0.15) is 5.75 Å². The summed E-state index contributed by atoms with van der Waals surface area (Å²) in [5.41, 5.74) is 1.11. The lowest BCUT2D eigenvalue weighted by Gasteiger charge is -2.16. The Bertz CT molecular complexity index is 430. The Kier molecular flexibility index (Phi) is 4.53. The molecule has 2 rings (SSSR count). The van der Waals surface area contributed by atoms with Gasteiger partial charge in [0.05, 0.1) is 6.10 Å². The minimum Gasteiger partial charge on any atom is -0.491 e. The van der Waals surface area contributed by atoms with Crippen LogP contribution in [-0.2, 0) is 6.54 Å². The molecular weight excluding hydrogens is 242 g/mol. The predicted octanol–water partition coefficient (Wildman–Crippen LogP) is 2.95. The third-order valence-electron chi connectivity index (χ3n) is 2.79. The summed E-state index contributed by atoms with van der Waals surface area (Å²) in [5, 5.41) is 3.43. The highest BCUT2D eigenvalue weighted by Crippen LogP contribution is 2.38. The molecule has 4 nitrogen and oxygen atoms in total. The normalized spacial score (nSPS) is 13.4. The van der Waals surface area contributed by atoms with Crippen LogP contribution in [-0.4, -0.2) is 19.4 Å². The van der Waals surface area contributed by atoms with Crippen LogP contribution < -0.4 is 19.5 Å². The van der Waals surface area contributed by atoms with E-state index in [2.05, 4.69) is 19.2 Å². The van der Waals surface area contributed by atoms with E-state index in [-0.39, 0.29) is 6.10 Å². The van der Waals surface area contributed by atoms with E-state index in [0.717, 1.165) is 35.9 Å². The number of rotatable bonds is 6. The molecule has 0 amide bonds. The number of nitrogens with one attached hydrogen (secondary N) is 1. The van der Waals surface area contributed by atoms with Gasteiger partial charge < -0.3 is 19.5 Å². The van der Waals surface area contributed by atoms with Gasteiger partial charge in [-0.1, -0.05) is 13.8 Å². The van der Waals surface area contributed by atoms with Crippen molar-refractivity contribution in [2.24, 2.45) is 5.92 Å². The fourth-order valence-electron chi connectivity index (χ4n) is 1.96. The van der Waals surface area contributed by atoms with E-state index in [9.17, 15) is 0 Å². The molecular formula is C15H23NO3. The molecule has 0 aliphatic carbocycles. The Labute approximate surface area is 115 Å². The van der Waals surface area contributed by atoms with E-state index in [1.807, 2.05) is 26.0 Å². The van der Waals surface area contributed by atoms with Crippen molar-refractivity contribution in [3.8, 4) is 17.2 Å². The van der Waals surface area contributed by atoms with Gasteiger partial charge in [0.25, 0.3) is 0 Å². The fraction of sp³-hybridized carbons (Fsp3) is 0.600. The maximum Gasteiger partial charge on any atom is 0.231 e. The van der Waals surface area contributed by atoms with Gasteiger partial charge in [-0.15, -0.1) is 0 Å². The van der Waals surface area contributed by atoms with Crippen LogP contribution in [0, 0.1) is 5.92 Å². The summed E-state index contributed by atoms with van der Waals surface area (Å²) in [7, 11) is 0. The minimum absolute atomic E-state index is 0.143. The molecule has 0 spiro atoms. The molecule has 0 radical (unpaired) electrons. The van der Waals surface area contributed by atoms with Crippen molar-refractivity contribution in [2.75, 3.05) is 13.3 Å². The van der Waals surface area contributed by atoms with Crippen LogP contribution >= 0.6 is 0 Å². The maximum absolute atomic E-state index is 5.85. The van der Waals surface area contributed by atoms with Crippen molar-refractivity contribution in [2.45, 2.75) is 40.3 Å². The van der Waals surface area contributed by atoms with Gasteiger partial charge in [-0.05, 0) is 32.4 Å².